The number of Topliss-reactive ketones (excluding diaryl/α,β-unsaturated/α-hetero) is 1. The molecular formula is C18H30O5. The molecule has 132 valence electrons. The third-order valence-electron chi connectivity index (χ3n) is 4.64. The minimum atomic E-state index is -0.748. The summed E-state index contributed by atoms with van der Waals surface area (Å²) in [4.78, 5) is 22.2. The highest BCUT2D eigenvalue weighted by Gasteiger charge is 2.38. The van der Waals surface area contributed by atoms with Crippen LogP contribution in [0.4, 0.5) is 0 Å². The van der Waals surface area contributed by atoms with Gasteiger partial charge in [0.25, 0.3) is 0 Å². The number of rotatable bonds is 11. The van der Waals surface area contributed by atoms with Gasteiger partial charge < -0.3 is 15.3 Å². The molecule has 0 radical (unpaired) electrons. The Morgan fingerprint density at radius 1 is 1.26 bits per heavy atom. The Hall–Kier alpha value is -1.20. The number of hydrogen-bond acceptors (Lipinski definition) is 4. The summed E-state index contributed by atoms with van der Waals surface area (Å²) in [5.41, 5.74) is 0. The lowest BCUT2D eigenvalue weighted by atomic mass is 9.91. The van der Waals surface area contributed by atoms with Gasteiger partial charge in [0.15, 0.2) is 0 Å². The summed E-state index contributed by atoms with van der Waals surface area (Å²) in [5, 5.41) is 28.3. The van der Waals surface area contributed by atoms with E-state index in [-0.39, 0.29) is 30.5 Å². The maximum absolute atomic E-state index is 11.8. The number of carboxylic acids is 1. The van der Waals surface area contributed by atoms with Crippen LogP contribution in [-0.4, -0.2) is 39.3 Å². The Labute approximate surface area is 138 Å². The van der Waals surface area contributed by atoms with E-state index >= 15 is 0 Å². The van der Waals surface area contributed by atoms with E-state index in [1.165, 1.54) is 0 Å². The van der Waals surface area contributed by atoms with Crippen LogP contribution >= 0.6 is 0 Å². The Balaban J connectivity index is 2.19. The van der Waals surface area contributed by atoms with Gasteiger partial charge in [0.05, 0.1) is 12.2 Å². The summed E-state index contributed by atoms with van der Waals surface area (Å²) in [6, 6.07) is 0. The van der Waals surface area contributed by atoms with Crippen LogP contribution in [-0.2, 0) is 9.59 Å². The van der Waals surface area contributed by atoms with Gasteiger partial charge in [0, 0.05) is 18.8 Å². The van der Waals surface area contributed by atoms with E-state index in [4.69, 9.17) is 5.11 Å². The van der Waals surface area contributed by atoms with Crippen LogP contribution in [0.1, 0.15) is 64.7 Å². The second kappa shape index (κ2) is 10.6. The van der Waals surface area contributed by atoms with E-state index in [1.807, 2.05) is 6.92 Å². The first-order valence-corrected chi connectivity index (χ1v) is 8.74. The van der Waals surface area contributed by atoms with E-state index < -0.39 is 18.2 Å². The Kier molecular flexibility index (Phi) is 9.10. The van der Waals surface area contributed by atoms with Crippen molar-refractivity contribution >= 4 is 11.8 Å². The van der Waals surface area contributed by atoms with Crippen molar-refractivity contribution in [3.63, 3.8) is 0 Å². The van der Waals surface area contributed by atoms with E-state index in [2.05, 4.69) is 0 Å². The molecule has 0 heterocycles. The number of ketones is 1. The Morgan fingerprint density at radius 3 is 2.57 bits per heavy atom. The van der Waals surface area contributed by atoms with Gasteiger partial charge in [-0.2, -0.15) is 0 Å². The molecule has 3 N–H and O–H groups in total. The van der Waals surface area contributed by atoms with Crippen LogP contribution in [0.5, 0.6) is 0 Å². The number of aliphatic hydroxyl groups excluding tert-OH is 2. The summed E-state index contributed by atoms with van der Waals surface area (Å²) >= 11 is 0. The fraction of sp³-hybridized carbons (Fsp3) is 0.778. The normalized spacial score (nSPS) is 26.0. The zero-order chi connectivity index (χ0) is 17.2. The minimum absolute atomic E-state index is 0.0276. The topological polar surface area (TPSA) is 94.8 Å². The van der Waals surface area contributed by atoms with Crippen LogP contribution in [0.3, 0.4) is 0 Å². The zero-order valence-corrected chi connectivity index (χ0v) is 14.0. The summed E-state index contributed by atoms with van der Waals surface area (Å²) in [7, 11) is 0. The molecule has 23 heavy (non-hydrogen) atoms. The van der Waals surface area contributed by atoms with Gasteiger partial charge in [-0.3, -0.25) is 9.59 Å². The second-order valence-corrected chi connectivity index (χ2v) is 6.49. The first kappa shape index (κ1) is 19.8. The van der Waals surface area contributed by atoms with Crippen molar-refractivity contribution in [1.29, 1.82) is 0 Å². The molecule has 1 aliphatic rings. The molecule has 1 rings (SSSR count). The zero-order valence-electron chi connectivity index (χ0n) is 14.0. The third kappa shape index (κ3) is 7.27. The molecule has 0 bridgehead atoms. The quantitative estimate of drug-likeness (QED) is 0.401. The molecule has 1 aliphatic carbocycles. The highest BCUT2D eigenvalue weighted by molar-refractivity contribution is 5.85. The monoisotopic (exact) mass is 326 g/mol. The average molecular weight is 326 g/mol. The van der Waals surface area contributed by atoms with Crippen LogP contribution in [0, 0.1) is 11.8 Å². The van der Waals surface area contributed by atoms with Gasteiger partial charge in [-0.25, -0.2) is 0 Å². The summed E-state index contributed by atoms with van der Waals surface area (Å²) in [6.45, 7) is 1.97. The van der Waals surface area contributed by atoms with Gasteiger partial charge >= 0.3 is 5.97 Å². The van der Waals surface area contributed by atoms with Crippen molar-refractivity contribution < 1.29 is 24.9 Å². The molecule has 0 unspecified atom stereocenters. The molecule has 5 nitrogen and oxygen atoms in total. The molecule has 4 atom stereocenters. The van der Waals surface area contributed by atoms with E-state index in [9.17, 15) is 19.8 Å². The lowest BCUT2D eigenvalue weighted by Crippen LogP contribution is -2.18. The van der Waals surface area contributed by atoms with Gasteiger partial charge in [0.2, 0.25) is 0 Å². The molecule has 0 amide bonds. The van der Waals surface area contributed by atoms with Crippen molar-refractivity contribution in [2.45, 2.75) is 76.9 Å². The molecule has 0 aromatic rings. The number of aliphatic carboxylic acids is 1. The molecule has 1 fully saturated rings. The first-order chi connectivity index (χ1) is 11.0. The van der Waals surface area contributed by atoms with Crippen LogP contribution < -0.4 is 0 Å². The van der Waals surface area contributed by atoms with E-state index in [1.54, 1.807) is 12.2 Å². The number of aliphatic hydroxyl groups is 2. The Bertz CT molecular complexity index is 404. The number of unbranched alkanes of at least 4 members (excludes halogenated alkanes) is 4. The predicted octanol–water partition coefficient (Wildman–Crippen LogP) is 2.69. The SMILES string of the molecule is CC[C@@H]1[C@@H](O)CC(=O)[C@@H]1/C=C/[C@@H](O)CCCCCCCC(=O)O. The van der Waals surface area contributed by atoms with Crippen LogP contribution in [0.2, 0.25) is 0 Å². The summed E-state index contributed by atoms with van der Waals surface area (Å²) in [5.74, 6) is -0.977. The smallest absolute Gasteiger partial charge is 0.303 e. The fourth-order valence-electron chi connectivity index (χ4n) is 3.25. The third-order valence-corrected chi connectivity index (χ3v) is 4.64. The highest BCUT2D eigenvalue weighted by atomic mass is 16.4. The molecule has 0 aliphatic heterocycles. The van der Waals surface area contributed by atoms with Gasteiger partial charge in [-0.05, 0) is 25.2 Å². The van der Waals surface area contributed by atoms with Crippen molar-refractivity contribution in [2.24, 2.45) is 11.8 Å². The minimum Gasteiger partial charge on any atom is -0.481 e. The molecule has 0 aromatic carbocycles. The van der Waals surface area contributed by atoms with Crippen molar-refractivity contribution in [3.05, 3.63) is 12.2 Å². The van der Waals surface area contributed by atoms with Crippen molar-refractivity contribution in [3.8, 4) is 0 Å². The van der Waals surface area contributed by atoms with Gasteiger partial charge in [-0.1, -0.05) is 44.8 Å². The van der Waals surface area contributed by atoms with Crippen LogP contribution in [0.25, 0.3) is 0 Å². The van der Waals surface area contributed by atoms with Gasteiger partial charge in [-0.15, -0.1) is 0 Å². The molecule has 1 saturated carbocycles. The number of allylic oxidation sites excluding steroid dienone is 1. The second-order valence-electron chi connectivity index (χ2n) is 6.49. The maximum atomic E-state index is 11.8. The number of hydrogen-bond donors (Lipinski definition) is 3. The van der Waals surface area contributed by atoms with Gasteiger partial charge in [0.1, 0.15) is 5.78 Å². The maximum Gasteiger partial charge on any atom is 0.303 e. The molecular weight excluding hydrogens is 296 g/mol. The first-order valence-electron chi connectivity index (χ1n) is 8.74. The lowest BCUT2D eigenvalue weighted by molar-refractivity contribution is -0.137. The molecule has 5 heteroatoms. The standard InChI is InChI=1S/C18H30O5/c1-2-14-15(17(21)12-16(14)20)11-10-13(19)8-6-4-3-5-7-9-18(22)23/h10-11,13-16,19-20H,2-9,12H2,1H3,(H,22,23)/b11-10+/t13-,14-,15+,16-/m0/s1. The number of carboxylic acid groups (broad SMARTS) is 1. The fourth-order valence-corrected chi connectivity index (χ4v) is 3.25. The molecule has 0 saturated heterocycles. The van der Waals surface area contributed by atoms with Crippen molar-refractivity contribution in [1.82, 2.24) is 0 Å². The van der Waals surface area contributed by atoms with E-state index in [0.717, 1.165) is 32.1 Å². The molecule has 0 spiro atoms. The summed E-state index contributed by atoms with van der Waals surface area (Å²) in [6.07, 6.45) is 8.66. The van der Waals surface area contributed by atoms with E-state index in [0.29, 0.717) is 12.8 Å². The average Bonchev–Trinajstić information content (AvgIpc) is 2.76. The number of carbonyl (C=O) groups is 2. The van der Waals surface area contributed by atoms with Crippen molar-refractivity contribution in [2.75, 3.05) is 0 Å². The summed E-state index contributed by atoms with van der Waals surface area (Å²) < 4.78 is 0. The lowest BCUT2D eigenvalue weighted by Gasteiger charge is -2.16. The highest BCUT2D eigenvalue weighted by Crippen LogP contribution is 2.32. The Morgan fingerprint density at radius 2 is 1.91 bits per heavy atom. The van der Waals surface area contributed by atoms with Crippen LogP contribution in [0.15, 0.2) is 12.2 Å². The number of carbonyl (C=O) groups excluding carboxylic acids is 1. The molecule has 0 aromatic heterocycles. The largest absolute Gasteiger partial charge is 0.481 e. The predicted molar refractivity (Wildman–Crippen MR) is 88.0 cm³/mol.